The third-order valence-electron chi connectivity index (χ3n) is 3.09. The smallest absolute Gasteiger partial charge is 0.358 e. The zero-order valence-electron chi connectivity index (χ0n) is 11.4. The number of benzene rings is 2. The summed E-state index contributed by atoms with van der Waals surface area (Å²) >= 11 is 0. The highest BCUT2D eigenvalue weighted by Gasteiger charge is 2.23. The largest absolute Gasteiger partial charge is 0.476 e. The molecule has 1 heterocycles. The van der Waals surface area contributed by atoms with Crippen LogP contribution in [0.5, 0.6) is 0 Å². The summed E-state index contributed by atoms with van der Waals surface area (Å²) in [7, 11) is 0. The number of aromatic carboxylic acids is 1. The van der Waals surface area contributed by atoms with Gasteiger partial charge in [-0.2, -0.15) is 0 Å². The summed E-state index contributed by atoms with van der Waals surface area (Å²) in [4.78, 5) is 11.3. The number of hydrogen-bond donors (Lipinski definition) is 1. The minimum Gasteiger partial charge on any atom is -0.476 e. The van der Waals surface area contributed by atoms with Crippen LogP contribution < -0.4 is 0 Å². The van der Waals surface area contributed by atoms with Crippen LogP contribution in [0.3, 0.4) is 0 Å². The van der Waals surface area contributed by atoms with Gasteiger partial charge < -0.3 is 5.11 Å². The van der Waals surface area contributed by atoms with E-state index in [1.807, 2.05) is 0 Å². The molecular formula is C15H8F3N3O2. The Morgan fingerprint density at radius 2 is 1.70 bits per heavy atom. The molecule has 1 N–H and O–H groups in total. The van der Waals surface area contributed by atoms with E-state index in [4.69, 9.17) is 0 Å². The van der Waals surface area contributed by atoms with Crippen molar-refractivity contribution in [2.24, 2.45) is 0 Å². The molecule has 0 saturated carbocycles. The fourth-order valence-electron chi connectivity index (χ4n) is 2.17. The fraction of sp³-hybridized carbons (Fsp3) is 0. The molecule has 0 fully saturated rings. The molecule has 3 aromatic rings. The topological polar surface area (TPSA) is 68.0 Å². The van der Waals surface area contributed by atoms with Crippen LogP contribution in [0.4, 0.5) is 13.2 Å². The van der Waals surface area contributed by atoms with E-state index in [1.54, 1.807) is 0 Å². The third kappa shape index (κ3) is 2.66. The van der Waals surface area contributed by atoms with Crippen LogP contribution in [-0.2, 0) is 0 Å². The van der Waals surface area contributed by atoms with Gasteiger partial charge in [0.2, 0.25) is 0 Å². The number of aromatic nitrogens is 3. The number of hydrogen-bond acceptors (Lipinski definition) is 3. The highest BCUT2D eigenvalue weighted by molar-refractivity contribution is 5.93. The number of para-hydroxylation sites is 1. The number of halogens is 3. The molecule has 2 aromatic carbocycles. The molecule has 23 heavy (non-hydrogen) atoms. The molecule has 1 aromatic heterocycles. The lowest BCUT2D eigenvalue weighted by molar-refractivity contribution is 0.0691. The molecule has 116 valence electrons. The molecule has 8 heteroatoms. The van der Waals surface area contributed by atoms with E-state index in [0.29, 0.717) is 6.07 Å². The maximum absolute atomic E-state index is 14.0. The Hall–Kier alpha value is -3.16. The van der Waals surface area contributed by atoms with Crippen LogP contribution in [0.1, 0.15) is 10.5 Å². The molecule has 5 nitrogen and oxygen atoms in total. The van der Waals surface area contributed by atoms with Crippen molar-refractivity contribution in [2.45, 2.75) is 0 Å². The van der Waals surface area contributed by atoms with Crippen molar-refractivity contribution < 1.29 is 23.1 Å². The molecule has 3 rings (SSSR count). The van der Waals surface area contributed by atoms with E-state index in [-0.39, 0.29) is 16.9 Å². The minimum atomic E-state index is -1.45. The first-order chi connectivity index (χ1) is 11.0. The van der Waals surface area contributed by atoms with Crippen LogP contribution in [-0.4, -0.2) is 26.1 Å². The lowest BCUT2D eigenvalue weighted by Crippen LogP contribution is -2.05. The van der Waals surface area contributed by atoms with Crippen molar-refractivity contribution in [3.05, 3.63) is 65.6 Å². The van der Waals surface area contributed by atoms with Crippen LogP contribution in [0, 0.1) is 17.5 Å². The van der Waals surface area contributed by atoms with Gasteiger partial charge in [-0.05, 0) is 24.3 Å². The van der Waals surface area contributed by atoms with E-state index in [9.17, 15) is 23.1 Å². The van der Waals surface area contributed by atoms with Crippen molar-refractivity contribution >= 4 is 5.97 Å². The molecule has 0 bridgehead atoms. The maximum Gasteiger partial charge on any atom is 0.358 e. The van der Waals surface area contributed by atoms with Crippen molar-refractivity contribution in [3.8, 4) is 16.9 Å². The summed E-state index contributed by atoms with van der Waals surface area (Å²) in [5.41, 5.74) is -0.973. The molecule has 0 aliphatic heterocycles. The quantitative estimate of drug-likeness (QED) is 0.805. The van der Waals surface area contributed by atoms with Crippen molar-refractivity contribution in [2.75, 3.05) is 0 Å². The van der Waals surface area contributed by atoms with Crippen LogP contribution in [0.25, 0.3) is 16.9 Å². The van der Waals surface area contributed by atoms with Crippen LogP contribution in [0.15, 0.2) is 42.5 Å². The summed E-state index contributed by atoms with van der Waals surface area (Å²) in [5, 5.41) is 16.3. The molecule has 0 aliphatic rings. The molecule has 0 spiro atoms. The Bertz CT molecular complexity index is 888. The molecule has 0 atom stereocenters. The third-order valence-corrected chi connectivity index (χ3v) is 3.09. The maximum atomic E-state index is 14.0. The van der Waals surface area contributed by atoms with Crippen LogP contribution in [0.2, 0.25) is 0 Å². The molecule has 0 amide bonds. The van der Waals surface area contributed by atoms with Gasteiger partial charge in [0.15, 0.2) is 5.69 Å². The van der Waals surface area contributed by atoms with E-state index in [1.165, 1.54) is 18.2 Å². The Labute approximate surface area is 127 Å². The Morgan fingerprint density at radius 3 is 2.30 bits per heavy atom. The number of carboxylic acid groups (broad SMARTS) is 1. The average Bonchev–Trinajstić information content (AvgIpc) is 2.91. The first-order valence-corrected chi connectivity index (χ1v) is 6.37. The number of rotatable bonds is 3. The first kappa shape index (κ1) is 14.8. The lowest BCUT2D eigenvalue weighted by atomic mass is 10.1. The minimum absolute atomic E-state index is 0.0906. The van der Waals surface area contributed by atoms with Crippen molar-refractivity contribution in [1.82, 2.24) is 15.0 Å². The van der Waals surface area contributed by atoms with Crippen molar-refractivity contribution in [3.63, 3.8) is 0 Å². The van der Waals surface area contributed by atoms with Gasteiger partial charge in [-0.3, -0.25) is 0 Å². The van der Waals surface area contributed by atoms with Gasteiger partial charge >= 0.3 is 5.97 Å². The second kappa shape index (κ2) is 5.56. The predicted octanol–water partition coefficient (Wildman–Crippen LogP) is 3.05. The molecule has 0 unspecified atom stereocenters. The molecular weight excluding hydrogens is 311 g/mol. The number of carboxylic acids is 1. The number of carbonyl (C=O) groups is 1. The summed E-state index contributed by atoms with van der Waals surface area (Å²) in [5.74, 6) is -3.95. The zero-order valence-corrected chi connectivity index (χ0v) is 11.4. The zero-order chi connectivity index (χ0) is 16.6. The van der Waals surface area contributed by atoms with Gasteiger partial charge in [0, 0.05) is 11.6 Å². The van der Waals surface area contributed by atoms with Gasteiger partial charge in [0.25, 0.3) is 0 Å². The summed E-state index contributed by atoms with van der Waals surface area (Å²) < 4.78 is 41.8. The second-order valence-corrected chi connectivity index (χ2v) is 4.61. The van der Waals surface area contributed by atoms with Gasteiger partial charge in [-0.1, -0.05) is 17.3 Å². The molecule has 0 aliphatic carbocycles. The monoisotopic (exact) mass is 319 g/mol. The Kier molecular flexibility index (Phi) is 3.57. The van der Waals surface area contributed by atoms with Gasteiger partial charge in [-0.25, -0.2) is 22.6 Å². The summed E-state index contributed by atoms with van der Waals surface area (Å²) in [6, 6.07) is 7.92. The van der Waals surface area contributed by atoms with Gasteiger partial charge in [0.05, 0.1) is 0 Å². The van der Waals surface area contributed by atoms with E-state index in [0.717, 1.165) is 22.9 Å². The Balaban J connectivity index is 2.32. The highest BCUT2D eigenvalue weighted by Crippen LogP contribution is 2.27. The van der Waals surface area contributed by atoms with Gasteiger partial charge in [-0.15, -0.1) is 5.10 Å². The lowest BCUT2D eigenvalue weighted by Gasteiger charge is -2.08. The summed E-state index contributed by atoms with van der Waals surface area (Å²) in [6.45, 7) is 0. The van der Waals surface area contributed by atoms with Crippen molar-refractivity contribution in [1.29, 1.82) is 0 Å². The second-order valence-electron chi connectivity index (χ2n) is 4.61. The normalized spacial score (nSPS) is 10.7. The summed E-state index contributed by atoms with van der Waals surface area (Å²) in [6.07, 6.45) is 0. The number of nitrogens with zero attached hydrogens (tertiary/aromatic N) is 3. The van der Waals surface area contributed by atoms with Gasteiger partial charge in [0.1, 0.15) is 28.8 Å². The highest BCUT2D eigenvalue weighted by atomic mass is 19.1. The fourth-order valence-corrected chi connectivity index (χ4v) is 2.17. The molecule has 0 saturated heterocycles. The predicted molar refractivity (Wildman–Crippen MR) is 73.6 cm³/mol. The molecule has 0 radical (unpaired) electrons. The van der Waals surface area contributed by atoms with E-state index < -0.39 is 29.1 Å². The SMILES string of the molecule is O=C(O)c1nnn(-c2ccccc2F)c1-c1cc(F)cc(F)c1. The average molecular weight is 319 g/mol. The van der Waals surface area contributed by atoms with E-state index >= 15 is 0 Å². The van der Waals surface area contributed by atoms with E-state index in [2.05, 4.69) is 10.3 Å². The first-order valence-electron chi connectivity index (χ1n) is 6.37. The van der Waals surface area contributed by atoms with Crippen LogP contribution >= 0.6 is 0 Å². The Morgan fingerprint density at radius 1 is 1.04 bits per heavy atom. The standard InChI is InChI=1S/C15H8F3N3O2/c16-9-5-8(6-10(17)7-9)14-13(15(22)23)19-20-21(14)12-4-2-1-3-11(12)18/h1-7H,(H,22,23).